The summed E-state index contributed by atoms with van der Waals surface area (Å²) in [6, 6.07) is 0. The van der Waals surface area contributed by atoms with Crippen LogP contribution in [0.1, 0.15) is 39.5 Å². The lowest BCUT2D eigenvalue weighted by molar-refractivity contribution is -0.156. The zero-order chi connectivity index (χ0) is 12.6. The molecule has 0 spiro atoms. The Hall–Kier alpha value is -1.10. The summed E-state index contributed by atoms with van der Waals surface area (Å²) in [7, 11) is 1.51. The van der Waals surface area contributed by atoms with E-state index >= 15 is 0 Å². The largest absolute Gasteiger partial charge is 0.480 e. The van der Waals surface area contributed by atoms with Gasteiger partial charge in [0.15, 0.2) is 0 Å². The van der Waals surface area contributed by atoms with Gasteiger partial charge >= 0.3 is 5.97 Å². The lowest BCUT2D eigenvalue weighted by Gasteiger charge is -2.40. The normalized spacial score (nSPS) is 18.8. The highest BCUT2D eigenvalue weighted by molar-refractivity contribution is 5.86. The van der Waals surface area contributed by atoms with Crippen molar-refractivity contribution in [2.75, 3.05) is 7.05 Å². The zero-order valence-electron chi connectivity index (χ0n) is 10.1. The van der Waals surface area contributed by atoms with Crippen molar-refractivity contribution < 1.29 is 14.7 Å². The van der Waals surface area contributed by atoms with Crippen LogP contribution >= 0.6 is 0 Å². The van der Waals surface area contributed by atoms with E-state index in [-0.39, 0.29) is 12.3 Å². The molecule has 1 fully saturated rings. The molecule has 16 heavy (non-hydrogen) atoms. The van der Waals surface area contributed by atoms with Crippen molar-refractivity contribution in [3.05, 3.63) is 0 Å². The number of nitrogens with two attached hydrogens (primary N) is 1. The highest BCUT2D eigenvalue weighted by Crippen LogP contribution is 2.33. The first-order valence-electron chi connectivity index (χ1n) is 5.48. The molecule has 1 aliphatic carbocycles. The summed E-state index contributed by atoms with van der Waals surface area (Å²) in [4.78, 5) is 24.1. The third-order valence-electron chi connectivity index (χ3n) is 3.59. The highest BCUT2D eigenvalue weighted by atomic mass is 16.4. The van der Waals surface area contributed by atoms with Gasteiger partial charge in [-0.05, 0) is 33.1 Å². The van der Waals surface area contributed by atoms with Gasteiger partial charge in [-0.2, -0.15) is 0 Å². The van der Waals surface area contributed by atoms with Crippen LogP contribution in [-0.2, 0) is 9.59 Å². The fourth-order valence-corrected chi connectivity index (χ4v) is 1.68. The average Bonchev–Trinajstić information content (AvgIpc) is 2.13. The SMILES string of the molecule is CN(C(=O)CC1(N)CCC1)C(C)(C)C(=O)O. The first kappa shape index (κ1) is 13.0. The monoisotopic (exact) mass is 228 g/mol. The molecule has 1 saturated carbocycles. The topological polar surface area (TPSA) is 83.6 Å². The lowest BCUT2D eigenvalue weighted by Crippen LogP contribution is -2.55. The molecule has 5 heteroatoms. The Bertz CT molecular complexity index is 308. The summed E-state index contributed by atoms with van der Waals surface area (Å²) in [5.41, 5.74) is 4.38. The third kappa shape index (κ3) is 2.35. The molecule has 1 aliphatic rings. The van der Waals surface area contributed by atoms with Crippen LogP contribution in [0.3, 0.4) is 0 Å². The number of amides is 1. The number of nitrogens with zero attached hydrogens (tertiary/aromatic N) is 1. The summed E-state index contributed by atoms with van der Waals surface area (Å²) in [5.74, 6) is -1.21. The fraction of sp³-hybridized carbons (Fsp3) is 0.818. The molecule has 92 valence electrons. The molecule has 0 aromatic heterocycles. The Balaban J connectivity index is 2.63. The van der Waals surface area contributed by atoms with E-state index in [1.54, 1.807) is 0 Å². The van der Waals surface area contributed by atoms with E-state index in [1.165, 1.54) is 25.8 Å². The highest BCUT2D eigenvalue weighted by Gasteiger charge is 2.40. The van der Waals surface area contributed by atoms with Crippen molar-refractivity contribution in [1.82, 2.24) is 4.90 Å². The lowest BCUT2D eigenvalue weighted by atomic mass is 9.75. The first-order valence-corrected chi connectivity index (χ1v) is 5.48. The van der Waals surface area contributed by atoms with Crippen molar-refractivity contribution >= 4 is 11.9 Å². The maximum Gasteiger partial charge on any atom is 0.329 e. The van der Waals surface area contributed by atoms with E-state index in [9.17, 15) is 9.59 Å². The van der Waals surface area contributed by atoms with E-state index in [2.05, 4.69) is 0 Å². The van der Waals surface area contributed by atoms with Crippen molar-refractivity contribution in [1.29, 1.82) is 0 Å². The van der Waals surface area contributed by atoms with Gasteiger partial charge in [0.25, 0.3) is 0 Å². The standard InChI is InChI=1S/C11H20N2O3/c1-10(2,9(15)16)13(3)8(14)7-11(12)5-4-6-11/h4-7,12H2,1-3H3,(H,15,16). The van der Waals surface area contributed by atoms with E-state index in [0.717, 1.165) is 19.3 Å². The number of carboxylic acid groups (broad SMARTS) is 1. The van der Waals surface area contributed by atoms with Crippen LogP contribution in [0.2, 0.25) is 0 Å². The molecule has 0 radical (unpaired) electrons. The van der Waals surface area contributed by atoms with Gasteiger partial charge in [0.1, 0.15) is 5.54 Å². The molecule has 3 N–H and O–H groups in total. The van der Waals surface area contributed by atoms with Gasteiger partial charge < -0.3 is 15.7 Å². The molecule has 0 atom stereocenters. The van der Waals surface area contributed by atoms with E-state index in [4.69, 9.17) is 10.8 Å². The predicted molar refractivity (Wildman–Crippen MR) is 59.9 cm³/mol. The predicted octanol–water partition coefficient (Wildman–Crippen LogP) is 0.579. The minimum Gasteiger partial charge on any atom is -0.480 e. The summed E-state index contributed by atoms with van der Waals surface area (Å²) >= 11 is 0. The van der Waals surface area contributed by atoms with Crippen molar-refractivity contribution in [2.24, 2.45) is 5.73 Å². The second-order valence-corrected chi connectivity index (χ2v) is 5.21. The van der Waals surface area contributed by atoms with E-state index < -0.39 is 17.0 Å². The number of rotatable bonds is 4. The quantitative estimate of drug-likeness (QED) is 0.737. The second kappa shape index (κ2) is 4.05. The van der Waals surface area contributed by atoms with Crippen LogP contribution in [0, 0.1) is 0 Å². The molecule has 0 aliphatic heterocycles. The van der Waals surface area contributed by atoms with Crippen molar-refractivity contribution in [2.45, 2.75) is 50.6 Å². The number of carbonyl (C=O) groups excluding carboxylic acids is 1. The summed E-state index contributed by atoms with van der Waals surface area (Å²) in [6.45, 7) is 3.02. The van der Waals surface area contributed by atoms with Crippen LogP contribution < -0.4 is 5.73 Å². The second-order valence-electron chi connectivity index (χ2n) is 5.21. The fourth-order valence-electron chi connectivity index (χ4n) is 1.68. The molecule has 0 aromatic rings. The van der Waals surface area contributed by atoms with Crippen LogP contribution in [-0.4, -0.2) is 40.0 Å². The van der Waals surface area contributed by atoms with Gasteiger partial charge in [-0.25, -0.2) is 4.79 Å². The molecule has 0 saturated heterocycles. The first-order chi connectivity index (χ1) is 7.19. The number of carboxylic acids is 1. The maximum atomic E-state index is 11.9. The third-order valence-corrected chi connectivity index (χ3v) is 3.59. The Morgan fingerprint density at radius 2 is 1.94 bits per heavy atom. The van der Waals surface area contributed by atoms with Gasteiger partial charge in [-0.1, -0.05) is 0 Å². The Labute approximate surface area is 95.6 Å². The minimum absolute atomic E-state index is 0.199. The number of hydrogen-bond donors (Lipinski definition) is 2. The van der Waals surface area contributed by atoms with Crippen LogP contribution in [0.5, 0.6) is 0 Å². The van der Waals surface area contributed by atoms with Gasteiger partial charge in [0.2, 0.25) is 5.91 Å². The summed E-state index contributed by atoms with van der Waals surface area (Å²) < 4.78 is 0. The molecule has 0 heterocycles. The van der Waals surface area contributed by atoms with Gasteiger partial charge in [-0.15, -0.1) is 0 Å². The van der Waals surface area contributed by atoms with E-state index in [1.807, 2.05) is 0 Å². The van der Waals surface area contributed by atoms with Gasteiger partial charge in [-0.3, -0.25) is 4.79 Å². The molecule has 0 unspecified atom stereocenters. The summed E-state index contributed by atoms with van der Waals surface area (Å²) in [6.07, 6.45) is 2.98. The Kier molecular flexibility index (Phi) is 3.28. The zero-order valence-corrected chi connectivity index (χ0v) is 10.1. The summed E-state index contributed by atoms with van der Waals surface area (Å²) in [5, 5.41) is 9.00. The number of carbonyl (C=O) groups is 2. The van der Waals surface area contributed by atoms with E-state index in [0.29, 0.717) is 0 Å². The van der Waals surface area contributed by atoms with Crippen LogP contribution in [0.15, 0.2) is 0 Å². The van der Waals surface area contributed by atoms with Gasteiger partial charge in [0, 0.05) is 19.0 Å². The molecule has 0 bridgehead atoms. The number of likely N-dealkylation sites (N-methyl/N-ethyl adjacent to an activating group) is 1. The molecule has 5 nitrogen and oxygen atoms in total. The Morgan fingerprint density at radius 3 is 2.25 bits per heavy atom. The van der Waals surface area contributed by atoms with Gasteiger partial charge in [0.05, 0.1) is 0 Å². The number of hydrogen-bond acceptors (Lipinski definition) is 3. The minimum atomic E-state index is -1.18. The molecular formula is C11H20N2O3. The molecular weight excluding hydrogens is 208 g/mol. The Morgan fingerprint density at radius 1 is 1.44 bits per heavy atom. The molecule has 1 amide bonds. The van der Waals surface area contributed by atoms with Crippen molar-refractivity contribution in [3.63, 3.8) is 0 Å². The van der Waals surface area contributed by atoms with Crippen LogP contribution in [0.4, 0.5) is 0 Å². The van der Waals surface area contributed by atoms with Crippen molar-refractivity contribution in [3.8, 4) is 0 Å². The smallest absolute Gasteiger partial charge is 0.329 e. The average molecular weight is 228 g/mol. The molecule has 1 rings (SSSR count). The maximum absolute atomic E-state index is 11.9. The van der Waals surface area contributed by atoms with Crippen LogP contribution in [0.25, 0.3) is 0 Å². The molecule has 0 aromatic carbocycles. The number of aliphatic carboxylic acids is 1.